The number of fused-ring (bicyclic) bond motifs is 1. The number of carbonyl (C=O) groups is 4. The van der Waals surface area contributed by atoms with Crippen molar-refractivity contribution in [3.05, 3.63) is 29.3 Å². The molecule has 0 radical (unpaired) electrons. The summed E-state index contributed by atoms with van der Waals surface area (Å²) in [6, 6.07) is 4.28. The third-order valence-electron chi connectivity index (χ3n) is 6.49. The zero-order chi connectivity index (χ0) is 20.2. The second kappa shape index (κ2) is 6.41. The normalized spacial score (nSPS) is 30.1. The number of piperidine rings is 1. The fourth-order valence-corrected chi connectivity index (χ4v) is 4.33. The van der Waals surface area contributed by atoms with Crippen LogP contribution in [0.4, 0.5) is 5.69 Å². The van der Waals surface area contributed by atoms with E-state index >= 15 is 0 Å². The number of hydrogen-bond acceptors (Lipinski definition) is 6. The van der Waals surface area contributed by atoms with Crippen LogP contribution in [0.15, 0.2) is 18.2 Å². The van der Waals surface area contributed by atoms with E-state index in [0.29, 0.717) is 23.6 Å². The number of anilines is 1. The molecule has 0 spiro atoms. The largest absolute Gasteiger partial charge is 0.371 e. The number of nitrogens with one attached hydrogen (secondary N) is 1. The first-order valence-corrected chi connectivity index (χ1v) is 9.56. The van der Waals surface area contributed by atoms with Gasteiger partial charge >= 0.3 is 0 Å². The van der Waals surface area contributed by atoms with Crippen LogP contribution in [0.25, 0.3) is 0 Å². The lowest BCUT2D eigenvalue weighted by molar-refractivity contribution is -0.136. The van der Waals surface area contributed by atoms with E-state index in [1.165, 1.54) is 0 Å². The van der Waals surface area contributed by atoms with Gasteiger partial charge in [-0.25, -0.2) is 0 Å². The molecule has 3 aliphatic heterocycles. The molecule has 3 N–H and O–H groups in total. The Labute approximate surface area is 163 Å². The molecule has 3 atom stereocenters. The molecule has 1 unspecified atom stereocenters. The number of hydrogen-bond donors (Lipinski definition) is 2. The molecule has 148 valence electrons. The maximum Gasteiger partial charge on any atom is 0.262 e. The van der Waals surface area contributed by atoms with Gasteiger partial charge in [0.1, 0.15) is 6.04 Å². The zero-order valence-corrected chi connectivity index (χ0v) is 16.0. The Kier molecular flexibility index (Phi) is 4.26. The SMILES string of the molecule is C[C@@H]1CN(c2ccc3c(c2)C(=O)N(C2CCC(=O)NC2=O)C3=O)C[C@@]1(C)CN. The molecule has 1 aromatic rings. The van der Waals surface area contributed by atoms with Crippen LogP contribution in [0.1, 0.15) is 47.4 Å². The average Bonchev–Trinajstić information content (AvgIpc) is 3.10. The zero-order valence-electron chi connectivity index (χ0n) is 16.0. The number of benzene rings is 1. The van der Waals surface area contributed by atoms with Crippen molar-refractivity contribution in [1.29, 1.82) is 0 Å². The van der Waals surface area contributed by atoms with Crippen LogP contribution in [-0.2, 0) is 9.59 Å². The lowest BCUT2D eigenvalue weighted by Crippen LogP contribution is -2.54. The first kappa shape index (κ1) is 18.6. The Bertz CT molecular complexity index is 898. The smallest absolute Gasteiger partial charge is 0.262 e. The molecule has 0 bridgehead atoms. The van der Waals surface area contributed by atoms with Crippen LogP contribution < -0.4 is 16.0 Å². The molecule has 8 nitrogen and oxygen atoms in total. The van der Waals surface area contributed by atoms with Gasteiger partial charge in [0, 0.05) is 30.6 Å². The van der Waals surface area contributed by atoms with Crippen molar-refractivity contribution in [1.82, 2.24) is 10.2 Å². The molecule has 2 fully saturated rings. The van der Waals surface area contributed by atoms with Gasteiger partial charge in [-0.3, -0.25) is 29.4 Å². The van der Waals surface area contributed by atoms with Crippen molar-refractivity contribution in [3.63, 3.8) is 0 Å². The summed E-state index contributed by atoms with van der Waals surface area (Å²) >= 11 is 0. The molecule has 0 saturated carbocycles. The Morgan fingerprint density at radius 1 is 1.18 bits per heavy atom. The summed E-state index contributed by atoms with van der Waals surface area (Å²) in [5.41, 5.74) is 7.43. The number of carbonyl (C=O) groups excluding carboxylic acids is 4. The highest BCUT2D eigenvalue weighted by Gasteiger charge is 2.45. The number of nitrogens with zero attached hydrogens (tertiary/aromatic N) is 2. The molecule has 0 aliphatic carbocycles. The maximum atomic E-state index is 13.0. The van der Waals surface area contributed by atoms with Gasteiger partial charge in [0.05, 0.1) is 11.1 Å². The monoisotopic (exact) mass is 384 g/mol. The minimum absolute atomic E-state index is 0.00238. The molecule has 2 saturated heterocycles. The Balaban J connectivity index is 1.62. The first-order valence-electron chi connectivity index (χ1n) is 9.56. The van der Waals surface area contributed by atoms with Gasteiger partial charge in [0.25, 0.3) is 11.8 Å². The minimum atomic E-state index is -0.944. The quantitative estimate of drug-likeness (QED) is 0.734. The summed E-state index contributed by atoms with van der Waals surface area (Å²) < 4.78 is 0. The first-order chi connectivity index (χ1) is 13.2. The van der Waals surface area contributed by atoms with Crippen molar-refractivity contribution in [2.24, 2.45) is 17.1 Å². The summed E-state index contributed by atoms with van der Waals surface area (Å²) in [5, 5.41) is 2.21. The van der Waals surface area contributed by atoms with E-state index in [0.717, 1.165) is 23.7 Å². The molecule has 28 heavy (non-hydrogen) atoms. The van der Waals surface area contributed by atoms with Gasteiger partial charge < -0.3 is 10.6 Å². The third-order valence-corrected chi connectivity index (χ3v) is 6.49. The minimum Gasteiger partial charge on any atom is -0.371 e. The van der Waals surface area contributed by atoms with Crippen LogP contribution in [-0.4, -0.2) is 54.2 Å². The van der Waals surface area contributed by atoms with E-state index in [4.69, 9.17) is 5.73 Å². The van der Waals surface area contributed by atoms with Crippen LogP contribution in [0.2, 0.25) is 0 Å². The molecule has 0 aromatic heterocycles. The lowest BCUT2D eigenvalue weighted by Gasteiger charge is -2.27. The molecule has 4 amide bonds. The summed E-state index contributed by atoms with van der Waals surface area (Å²) in [6.45, 7) is 6.51. The molecule has 8 heteroatoms. The van der Waals surface area contributed by atoms with Crippen LogP contribution >= 0.6 is 0 Å². The fraction of sp³-hybridized carbons (Fsp3) is 0.500. The molecule has 3 aliphatic rings. The lowest BCUT2D eigenvalue weighted by atomic mass is 9.81. The van der Waals surface area contributed by atoms with Crippen molar-refractivity contribution in [3.8, 4) is 0 Å². The van der Waals surface area contributed by atoms with Crippen molar-refractivity contribution in [2.45, 2.75) is 32.7 Å². The van der Waals surface area contributed by atoms with Crippen LogP contribution in [0.3, 0.4) is 0 Å². The van der Waals surface area contributed by atoms with E-state index in [1.807, 2.05) is 6.07 Å². The fourth-order valence-electron chi connectivity index (χ4n) is 4.33. The molecular formula is C20H24N4O4. The van der Waals surface area contributed by atoms with Crippen molar-refractivity contribution in [2.75, 3.05) is 24.5 Å². The predicted octanol–water partition coefficient (Wildman–Crippen LogP) is 0.509. The molecular weight excluding hydrogens is 360 g/mol. The summed E-state index contributed by atoms with van der Waals surface area (Å²) in [6.07, 6.45) is 0.264. The standard InChI is InChI=1S/C20H24N4O4/c1-11-8-23(10-20(11,2)9-21)12-3-4-13-14(7-12)19(28)24(18(13)27)15-5-6-16(25)22-17(15)26/h3-4,7,11,15H,5-6,8-10,21H2,1-2H3,(H,22,25,26)/t11-,15?,20-/m1/s1. The molecule has 4 rings (SSSR count). The number of imide groups is 2. The Morgan fingerprint density at radius 2 is 1.89 bits per heavy atom. The summed E-state index contributed by atoms with van der Waals surface area (Å²) in [5.74, 6) is -1.54. The van der Waals surface area contributed by atoms with Crippen LogP contribution in [0.5, 0.6) is 0 Å². The Morgan fingerprint density at radius 3 is 2.54 bits per heavy atom. The topological polar surface area (TPSA) is 113 Å². The van der Waals surface area contributed by atoms with Crippen molar-refractivity contribution >= 4 is 29.3 Å². The highest BCUT2D eigenvalue weighted by molar-refractivity contribution is 6.23. The maximum absolute atomic E-state index is 13.0. The second-order valence-electron chi connectivity index (χ2n) is 8.32. The van der Waals surface area contributed by atoms with Gasteiger partial charge in [-0.1, -0.05) is 13.8 Å². The summed E-state index contributed by atoms with van der Waals surface area (Å²) in [7, 11) is 0. The van der Waals surface area contributed by atoms with E-state index < -0.39 is 23.8 Å². The molecule has 1 aromatic carbocycles. The highest BCUT2D eigenvalue weighted by atomic mass is 16.2. The van der Waals surface area contributed by atoms with Gasteiger partial charge in [0.15, 0.2) is 0 Å². The number of amides is 4. The highest BCUT2D eigenvalue weighted by Crippen LogP contribution is 2.38. The van der Waals surface area contributed by atoms with E-state index in [-0.39, 0.29) is 24.2 Å². The Hall–Kier alpha value is -2.74. The van der Waals surface area contributed by atoms with Gasteiger partial charge in [-0.05, 0) is 37.1 Å². The van der Waals surface area contributed by atoms with Gasteiger partial charge in [-0.2, -0.15) is 0 Å². The van der Waals surface area contributed by atoms with Crippen LogP contribution in [0, 0.1) is 11.3 Å². The predicted molar refractivity (Wildman–Crippen MR) is 102 cm³/mol. The number of rotatable bonds is 3. The van der Waals surface area contributed by atoms with E-state index in [9.17, 15) is 19.2 Å². The average molecular weight is 384 g/mol. The van der Waals surface area contributed by atoms with Gasteiger partial charge in [0.2, 0.25) is 11.8 Å². The second-order valence-corrected chi connectivity index (χ2v) is 8.32. The summed E-state index contributed by atoms with van der Waals surface area (Å²) in [4.78, 5) is 52.4. The third kappa shape index (κ3) is 2.71. The van der Waals surface area contributed by atoms with E-state index in [1.54, 1.807) is 12.1 Å². The van der Waals surface area contributed by atoms with Gasteiger partial charge in [-0.15, -0.1) is 0 Å². The van der Waals surface area contributed by atoms with Crippen molar-refractivity contribution < 1.29 is 19.2 Å². The molecule has 3 heterocycles. The van der Waals surface area contributed by atoms with E-state index in [2.05, 4.69) is 24.1 Å². The number of nitrogens with two attached hydrogens (primary N) is 1.